The van der Waals surface area contributed by atoms with E-state index in [0.29, 0.717) is 34.6 Å². The standard InChI is InChI=1S/C21H22ClN3O3S/c1-27-18-5-3-4-16(21(18)28-2)12-25-19(10-11-23-25)24-20(26)14-29-13-15-6-8-17(22)9-7-15/h3-11H,12-14H2,1-2H3,(H,24,26). The van der Waals surface area contributed by atoms with Crippen LogP contribution in [-0.4, -0.2) is 35.7 Å². The average Bonchev–Trinajstić information content (AvgIpc) is 3.15. The van der Waals surface area contributed by atoms with Crippen LogP contribution in [0, 0.1) is 0 Å². The van der Waals surface area contributed by atoms with E-state index < -0.39 is 0 Å². The van der Waals surface area contributed by atoms with Gasteiger partial charge in [-0.1, -0.05) is 35.9 Å². The number of ether oxygens (including phenoxy) is 2. The number of anilines is 1. The Balaban J connectivity index is 1.59. The molecule has 0 atom stereocenters. The van der Waals surface area contributed by atoms with Crippen LogP contribution in [0.15, 0.2) is 54.7 Å². The molecule has 0 aliphatic rings. The van der Waals surface area contributed by atoms with Crippen LogP contribution >= 0.6 is 23.4 Å². The number of nitrogens with zero attached hydrogens (tertiary/aromatic N) is 2. The van der Waals surface area contributed by atoms with Crippen LogP contribution in [0.3, 0.4) is 0 Å². The van der Waals surface area contributed by atoms with Crippen LogP contribution in [-0.2, 0) is 17.1 Å². The molecule has 29 heavy (non-hydrogen) atoms. The third-order valence-corrected chi connectivity index (χ3v) is 5.46. The Morgan fingerprint density at radius 2 is 1.93 bits per heavy atom. The van der Waals surface area contributed by atoms with Gasteiger partial charge in [0.1, 0.15) is 5.82 Å². The number of aromatic nitrogens is 2. The number of carbonyl (C=O) groups excluding carboxylic acids is 1. The van der Waals surface area contributed by atoms with E-state index in [9.17, 15) is 4.79 Å². The Bertz CT molecular complexity index is 960. The first-order chi connectivity index (χ1) is 14.1. The van der Waals surface area contributed by atoms with Crippen molar-refractivity contribution in [3.63, 3.8) is 0 Å². The highest BCUT2D eigenvalue weighted by molar-refractivity contribution is 7.99. The molecular formula is C21H22ClN3O3S. The molecule has 152 valence electrons. The Kier molecular flexibility index (Phi) is 7.43. The molecule has 1 N–H and O–H groups in total. The lowest BCUT2D eigenvalue weighted by atomic mass is 10.2. The Morgan fingerprint density at radius 1 is 1.14 bits per heavy atom. The number of hydrogen-bond acceptors (Lipinski definition) is 5. The highest BCUT2D eigenvalue weighted by Gasteiger charge is 2.13. The lowest BCUT2D eigenvalue weighted by Gasteiger charge is -2.14. The van der Waals surface area contributed by atoms with Gasteiger partial charge in [-0.25, -0.2) is 4.68 Å². The molecule has 1 aromatic heterocycles. The molecule has 0 radical (unpaired) electrons. The third kappa shape index (κ3) is 5.68. The monoisotopic (exact) mass is 431 g/mol. The molecule has 0 saturated carbocycles. The van der Waals surface area contributed by atoms with Crippen molar-refractivity contribution in [1.82, 2.24) is 9.78 Å². The highest BCUT2D eigenvalue weighted by Crippen LogP contribution is 2.31. The first kappa shape index (κ1) is 21.1. The van der Waals surface area contributed by atoms with Crippen LogP contribution in [0.25, 0.3) is 0 Å². The number of hydrogen-bond donors (Lipinski definition) is 1. The van der Waals surface area contributed by atoms with E-state index in [4.69, 9.17) is 21.1 Å². The van der Waals surface area contributed by atoms with E-state index in [2.05, 4.69) is 10.4 Å². The average molecular weight is 432 g/mol. The fraction of sp³-hybridized carbons (Fsp3) is 0.238. The number of thioether (sulfide) groups is 1. The molecule has 6 nitrogen and oxygen atoms in total. The molecule has 3 aromatic rings. The topological polar surface area (TPSA) is 65.4 Å². The minimum atomic E-state index is -0.0803. The molecular weight excluding hydrogens is 410 g/mol. The summed E-state index contributed by atoms with van der Waals surface area (Å²) in [7, 11) is 3.20. The molecule has 0 unspecified atom stereocenters. The van der Waals surface area contributed by atoms with Crippen molar-refractivity contribution in [2.24, 2.45) is 0 Å². The lowest BCUT2D eigenvalue weighted by molar-refractivity contribution is -0.113. The molecule has 2 aromatic carbocycles. The van der Waals surface area contributed by atoms with Crippen molar-refractivity contribution in [2.75, 3.05) is 25.3 Å². The molecule has 1 amide bonds. The molecule has 8 heteroatoms. The van der Waals surface area contributed by atoms with Gasteiger partial charge in [0.15, 0.2) is 11.5 Å². The zero-order valence-electron chi connectivity index (χ0n) is 16.2. The maximum atomic E-state index is 12.3. The Labute approximate surface area is 179 Å². The fourth-order valence-electron chi connectivity index (χ4n) is 2.83. The first-order valence-electron chi connectivity index (χ1n) is 8.94. The van der Waals surface area contributed by atoms with Gasteiger partial charge in [-0.3, -0.25) is 4.79 Å². The van der Waals surface area contributed by atoms with E-state index in [1.54, 1.807) is 42.9 Å². The largest absolute Gasteiger partial charge is 0.493 e. The van der Waals surface area contributed by atoms with Gasteiger partial charge in [0.2, 0.25) is 5.91 Å². The van der Waals surface area contributed by atoms with Crippen LogP contribution in [0.2, 0.25) is 5.02 Å². The number of halogens is 1. The summed E-state index contributed by atoms with van der Waals surface area (Å²) in [4.78, 5) is 12.3. The number of benzene rings is 2. The van der Waals surface area contributed by atoms with Crippen molar-refractivity contribution in [3.05, 3.63) is 70.9 Å². The number of rotatable bonds is 9. The van der Waals surface area contributed by atoms with Crippen LogP contribution < -0.4 is 14.8 Å². The predicted octanol–water partition coefficient (Wildman–Crippen LogP) is 4.47. The van der Waals surface area contributed by atoms with Gasteiger partial charge in [0, 0.05) is 22.4 Å². The molecule has 0 fully saturated rings. The SMILES string of the molecule is COc1cccc(Cn2nccc2NC(=O)CSCc2ccc(Cl)cc2)c1OC. The Morgan fingerprint density at radius 3 is 2.66 bits per heavy atom. The number of para-hydroxylation sites is 1. The lowest BCUT2D eigenvalue weighted by Crippen LogP contribution is -2.18. The molecule has 3 rings (SSSR count). The summed E-state index contributed by atoms with van der Waals surface area (Å²) < 4.78 is 12.5. The summed E-state index contributed by atoms with van der Waals surface area (Å²) >= 11 is 7.43. The minimum absolute atomic E-state index is 0.0803. The van der Waals surface area contributed by atoms with Crippen molar-refractivity contribution in [2.45, 2.75) is 12.3 Å². The minimum Gasteiger partial charge on any atom is -0.493 e. The second-order valence-electron chi connectivity index (χ2n) is 6.19. The maximum Gasteiger partial charge on any atom is 0.235 e. The van der Waals surface area contributed by atoms with Gasteiger partial charge < -0.3 is 14.8 Å². The molecule has 0 aliphatic heterocycles. The maximum absolute atomic E-state index is 12.3. The van der Waals surface area contributed by atoms with Gasteiger partial charge >= 0.3 is 0 Å². The van der Waals surface area contributed by atoms with Crippen molar-refractivity contribution in [3.8, 4) is 11.5 Å². The zero-order chi connectivity index (χ0) is 20.6. The predicted molar refractivity (Wildman–Crippen MR) is 117 cm³/mol. The normalized spacial score (nSPS) is 10.6. The van der Waals surface area contributed by atoms with E-state index in [1.807, 2.05) is 42.5 Å². The second-order valence-corrected chi connectivity index (χ2v) is 7.62. The summed E-state index contributed by atoms with van der Waals surface area (Å²) in [5.41, 5.74) is 2.03. The summed E-state index contributed by atoms with van der Waals surface area (Å²) in [6, 6.07) is 15.1. The molecule has 0 spiro atoms. The Hall–Kier alpha value is -2.64. The first-order valence-corrected chi connectivity index (χ1v) is 10.5. The summed E-state index contributed by atoms with van der Waals surface area (Å²) in [6.45, 7) is 0.445. The van der Waals surface area contributed by atoms with Crippen molar-refractivity contribution < 1.29 is 14.3 Å². The molecule has 0 saturated heterocycles. The van der Waals surface area contributed by atoms with Gasteiger partial charge in [0.05, 0.1) is 32.7 Å². The van der Waals surface area contributed by atoms with E-state index in [0.717, 1.165) is 16.9 Å². The quantitative estimate of drug-likeness (QED) is 0.541. The molecule has 0 bridgehead atoms. The van der Waals surface area contributed by atoms with Gasteiger partial charge in [-0.2, -0.15) is 5.10 Å². The summed E-state index contributed by atoms with van der Waals surface area (Å²) in [5.74, 6) is 2.94. The van der Waals surface area contributed by atoms with Gasteiger partial charge in [-0.15, -0.1) is 11.8 Å². The number of methoxy groups -OCH3 is 2. The zero-order valence-corrected chi connectivity index (χ0v) is 17.8. The molecule has 1 heterocycles. The highest BCUT2D eigenvalue weighted by atomic mass is 35.5. The van der Waals surface area contributed by atoms with Crippen molar-refractivity contribution in [1.29, 1.82) is 0 Å². The smallest absolute Gasteiger partial charge is 0.235 e. The van der Waals surface area contributed by atoms with Crippen LogP contribution in [0.4, 0.5) is 5.82 Å². The third-order valence-electron chi connectivity index (χ3n) is 4.20. The van der Waals surface area contributed by atoms with Crippen molar-refractivity contribution >= 4 is 35.1 Å². The summed E-state index contributed by atoms with van der Waals surface area (Å²) in [5, 5.41) is 7.94. The number of carbonyl (C=O) groups is 1. The van der Waals surface area contributed by atoms with E-state index in [1.165, 1.54) is 0 Å². The second kappa shape index (κ2) is 10.2. The molecule has 0 aliphatic carbocycles. The van der Waals surface area contributed by atoms with Gasteiger partial charge in [0.25, 0.3) is 0 Å². The van der Waals surface area contributed by atoms with Crippen LogP contribution in [0.5, 0.6) is 11.5 Å². The van der Waals surface area contributed by atoms with Crippen LogP contribution in [0.1, 0.15) is 11.1 Å². The number of nitrogens with one attached hydrogen (secondary N) is 1. The summed E-state index contributed by atoms with van der Waals surface area (Å²) in [6.07, 6.45) is 1.66. The van der Waals surface area contributed by atoms with E-state index in [-0.39, 0.29) is 5.91 Å². The fourth-order valence-corrected chi connectivity index (χ4v) is 3.74. The van der Waals surface area contributed by atoms with Gasteiger partial charge in [-0.05, 0) is 23.8 Å². The van der Waals surface area contributed by atoms with E-state index >= 15 is 0 Å². The number of amides is 1.